The van der Waals surface area contributed by atoms with E-state index in [1.807, 2.05) is 0 Å². The molecule has 2 rings (SSSR count). The zero-order chi connectivity index (χ0) is 19.9. The molecule has 0 spiro atoms. The summed E-state index contributed by atoms with van der Waals surface area (Å²) in [6.45, 7) is 4.61. The second kappa shape index (κ2) is 15.2. The highest BCUT2D eigenvalue weighted by Crippen LogP contribution is 2.51. The standard InChI is InChI=1S/C26H44NP/c1-3-5-7-9-11-14-18-24-21-23-28(22-17-12-10-8-6-4-2)26(24)27-25-19-15-13-16-20-25/h13,15-16,19-20,24H,3-12,14,17-18,21-23H2,1-2H3. The molecule has 0 amide bonds. The van der Waals surface area contributed by atoms with Crippen molar-refractivity contribution in [3.8, 4) is 0 Å². The Morgan fingerprint density at radius 2 is 1.39 bits per heavy atom. The summed E-state index contributed by atoms with van der Waals surface area (Å²) in [7, 11) is 0.0238. The van der Waals surface area contributed by atoms with Gasteiger partial charge in [-0.25, -0.2) is 0 Å². The monoisotopic (exact) mass is 401 g/mol. The van der Waals surface area contributed by atoms with E-state index in [-0.39, 0.29) is 7.92 Å². The van der Waals surface area contributed by atoms with Crippen LogP contribution in [0.15, 0.2) is 35.3 Å². The summed E-state index contributed by atoms with van der Waals surface area (Å²) in [4.78, 5) is 5.22. The first-order valence-corrected chi connectivity index (χ1v) is 13.9. The molecule has 1 nitrogen and oxygen atoms in total. The molecular formula is C26H44NP. The number of rotatable bonds is 15. The maximum atomic E-state index is 5.22. The Bertz CT molecular complexity index is 498. The van der Waals surface area contributed by atoms with Crippen LogP contribution in [0.5, 0.6) is 0 Å². The van der Waals surface area contributed by atoms with Crippen molar-refractivity contribution in [1.82, 2.24) is 0 Å². The molecule has 28 heavy (non-hydrogen) atoms. The van der Waals surface area contributed by atoms with Crippen LogP contribution in [0, 0.1) is 5.92 Å². The van der Waals surface area contributed by atoms with Crippen LogP contribution in [0.25, 0.3) is 0 Å². The van der Waals surface area contributed by atoms with Gasteiger partial charge in [0.25, 0.3) is 0 Å². The van der Waals surface area contributed by atoms with Gasteiger partial charge in [0.15, 0.2) is 0 Å². The van der Waals surface area contributed by atoms with Crippen molar-refractivity contribution < 1.29 is 0 Å². The topological polar surface area (TPSA) is 12.4 Å². The summed E-state index contributed by atoms with van der Waals surface area (Å²) in [5.41, 5.74) is 2.80. The van der Waals surface area contributed by atoms with Crippen LogP contribution >= 0.6 is 7.92 Å². The Balaban J connectivity index is 1.84. The Labute approximate surface area is 176 Å². The molecule has 1 aliphatic heterocycles. The maximum Gasteiger partial charge on any atom is 0.0633 e. The van der Waals surface area contributed by atoms with E-state index in [9.17, 15) is 0 Å². The molecule has 158 valence electrons. The van der Waals surface area contributed by atoms with Crippen LogP contribution in [0.1, 0.15) is 104 Å². The van der Waals surface area contributed by atoms with Crippen LogP contribution in [-0.4, -0.2) is 17.8 Å². The van der Waals surface area contributed by atoms with Crippen LogP contribution in [0.2, 0.25) is 0 Å². The number of aliphatic imine (C=N–C) groups is 1. The van der Waals surface area contributed by atoms with E-state index in [0.29, 0.717) is 0 Å². The molecule has 1 aliphatic rings. The molecule has 0 aromatic heterocycles. The molecule has 2 unspecified atom stereocenters. The van der Waals surface area contributed by atoms with Crippen LogP contribution in [-0.2, 0) is 0 Å². The van der Waals surface area contributed by atoms with Crippen LogP contribution in [0.3, 0.4) is 0 Å². The van der Waals surface area contributed by atoms with Crippen molar-refractivity contribution in [3.63, 3.8) is 0 Å². The zero-order valence-corrected chi connectivity index (χ0v) is 19.6. The van der Waals surface area contributed by atoms with Gasteiger partial charge in [-0.05, 0) is 43.7 Å². The van der Waals surface area contributed by atoms with Gasteiger partial charge in [0.2, 0.25) is 0 Å². The van der Waals surface area contributed by atoms with Gasteiger partial charge in [-0.15, -0.1) is 0 Å². The smallest absolute Gasteiger partial charge is 0.0633 e. The van der Waals surface area contributed by atoms with E-state index in [0.717, 1.165) is 5.92 Å². The van der Waals surface area contributed by atoms with Crippen molar-refractivity contribution in [2.75, 3.05) is 12.3 Å². The van der Waals surface area contributed by atoms with Gasteiger partial charge in [-0.2, -0.15) is 0 Å². The molecule has 1 heterocycles. The normalized spacial score (nSPS) is 20.9. The summed E-state index contributed by atoms with van der Waals surface area (Å²) in [5, 5.41) is 0. The third-order valence-electron chi connectivity index (χ3n) is 6.12. The van der Waals surface area contributed by atoms with E-state index < -0.39 is 0 Å². The van der Waals surface area contributed by atoms with E-state index in [1.165, 1.54) is 108 Å². The molecule has 1 saturated heterocycles. The minimum absolute atomic E-state index is 0.0238. The first-order chi connectivity index (χ1) is 13.8. The van der Waals surface area contributed by atoms with Gasteiger partial charge in [-0.1, -0.05) is 111 Å². The van der Waals surface area contributed by atoms with Crippen LogP contribution < -0.4 is 0 Å². The lowest BCUT2D eigenvalue weighted by molar-refractivity contribution is 0.537. The van der Waals surface area contributed by atoms with Crippen molar-refractivity contribution in [1.29, 1.82) is 0 Å². The van der Waals surface area contributed by atoms with Gasteiger partial charge in [0.05, 0.1) is 5.69 Å². The molecule has 1 aromatic rings. The fourth-order valence-electron chi connectivity index (χ4n) is 4.36. The van der Waals surface area contributed by atoms with E-state index in [4.69, 9.17) is 4.99 Å². The van der Waals surface area contributed by atoms with Gasteiger partial charge < -0.3 is 0 Å². The molecule has 0 radical (unpaired) electrons. The number of para-hydroxylation sites is 1. The third kappa shape index (κ3) is 9.21. The zero-order valence-electron chi connectivity index (χ0n) is 18.7. The Morgan fingerprint density at radius 1 is 0.786 bits per heavy atom. The SMILES string of the molecule is CCCCCCCCC1CCP(CCCCCCCC)C1=Nc1ccccc1. The summed E-state index contributed by atoms with van der Waals surface area (Å²) in [6, 6.07) is 10.7. The Hall–Kier alpha value is -0.680. The number of hydrogen-bond acceptors (Lipinski definition) is 1. The highest BCUT2D eigenvalue weighted by molar-refractivity contribution is 7.75. The molecule has 1 fully saturated rings. The maximum absolute atomic E-state index is 5.22. The highest BCUT2D eigenvalue weighted by atomic mass is 31.1. The molecule has 2 atom stereocenters. The number of unbranched alkanes of at least 4 members (excludes halogenated alkanes) is 10. The quantitative estimate of drug-likeness (QED) is 0.205. The second-order valence-electron chi connectivity index (χ2n) is 8.60. The molecule has 0 N–H and O–H groups in total. The fourth-order valence-corrected chi connectivity index (χ4v) is 7.31. The number of hydrogen-bond donors (Lipinski definition) is 0. The van der Waals surface area contributed by atoms with Gasteiger partial charge >= 0.3 is 0 Å². The van der Waals surface area contributed by atoms with E-state index in [1.54, 1.807) is 5.45 Å². The summed E-state index contributed by atoms with van der Waals surface area (Å²) in [6.07, 6.45) is 22.6. The number of benzene rings is 1. The minimum atomic E-state index is 0.0238. The Kier molecular flexibility index (Phi) is 12.8. The Morgan fingerprint density at radius 3 is 2.07 bits per heavy atom. The molecular weight excluding hydrogens is 357 g/mol. The van der Waals surface area contributed by atoms with E-state index >= 15 is 0 Å². The molecule has 2 heteroatoms. The number of nitrogens with zero attached hydrogens (tertiary/aromatic N) is 1. The highest BCUT2D eigenvalue weighted by Gasteiger charge is 2.30. The van der Waals surface area contributed by atoms with Crippen molar-refractivity contribution in [3.05, 3.63) is 30.3 Å². The van der Waals surface area contributed by atoms with Gasteiger partial charge in [-0.3, -0.25) is 4.99 Å². The van der Waals surface area contributed by atoms with E-state index in [2.05, 4.69) is 44.2 Å². The van der Waals surface area contributed by atoms with Gasteiger partial charge in [0.1, 0.15) is 0 Å². The molecule has 1 aromatic carbocycles. The first-order valence-electron chi connectivity index (χ1n) is 12.2. The lowest BCUT2D eigenvalue weighted by Gasteiger charge is -2.16. The lowest BCUT2D eigenvalue weighted by Crippen LogP contribution is -2.07. The molecule has 0 bridgehead atoms. The average Bonchev–Trinajstić information content (AvgIpc) is 3.09. The average molecular weight is 402 g/mol. The summed E-state index contributed by atoms with van der Waals surface area (Å²) < 4.78 is 0. The van der Waals surface area contributed by atoms with Gasteiger partial charge in [0, 0.05) is 11.4 Å². The summed E-state index contributed by atoms with van der Waals surface area (Å²) in [5.74, 6) is 0.776. The predicted molar refractivity (Wildman–Crippen MR) is 130 cm³/mol. The lowest BCUT2D eigenvalue weighted by atomic mass is 9.99. The second-order valence-corrected chi connectivity index (χ2v) is 11.0. The van der Waals surface area contributed by atoms with Crippen LogP contribution in [0.4, 0.5) is 5.69 Å². The predicted octanol–water partition coefficient (Wildman–Crippen LogP) is 9.33. The molecule has 0 saturated carbocycles. The minimum Gasteiger partial charge on any atom is -0.253 e. The van der Waals surface area contributed by atoms with Crippen molar-refractivity contribution in [2.24, 2.45) is 10.9 Å². The fraction of sp³-hybridized carbons (Fsp3) is 0.731. The van der Waals surface area contributed by atoms with Crippen molar-refractivity contribution in [2.45, 2.75) is 104 Å². The summed E-state index contributed by atoms with van der Waals surface area (Å²) >= 11 is 0. The third-order valence-corrected chi connectivity index (χ3v) is 8.89. The largest absolute Gasteiger partial charge is 0.253 e. The van der Waals surface area contributed by atoms with Crippen molar-refractivity contribution >= 4 is 19.1 Å². The molecule has 0 aliphatic carbocycles. The first kappa shape index (κ1) is 23.6.